The molecule has 2 N–H and O–H groups in total. The van der Waals surface area contributed by atoms with Gasteiger partial charge in [0.25, 0.3) is 0 Å². The van der Waals surface area contributed by atoms with E-state index in [1.165, 1.54) is 18.2 Å². The maximum Gasteiger partial charge on any atom is 0.250 e. The van der Waals surface area contributed by atoms with Crippen molar-refractivity contribution < 1.29 is 9.53 Å². The molecule has 1 aliphatic rings. The highest BCUT2D eigenvalue weighted by atomic mass is 32.1. The van der Waals surface area contributed by atoms with Crippen LogP contribution >= 0.6 is 12.2 Å². The maximum absolute atomic E-state index is 12.1. The van der Waals surface area contributed by atoms with Gasteiger partial charge in [0.1, 0.15) is 12.6 Å². The zero-order valence-electron chi connectivity index (χ0n) is 21.9. The standard InChI is InChI=1S/C30H31N5O2S/c1-19-10-11-22(16-20(19)2)34-15-7-9-26(34)29-28(25-8-5-6-14-31-25)33-30(38)35(29)23-12-13-24(21(3)17-23)32-27(36)18-37-4/h5-17,28-29H,18H2,1-4H3,(H,32,36)(H,33,38)/t28-,29-/m1/s1. The van der Waals surface area contributed by atoms with Crippen LogP contribution in [0.2, 0.25) is 0 Å². The molecule has 0 spiro atoms. The Kier molecular flexibility index (Phi) is 7.26. The summed E-state index contributed by atoms with van der Waals surface area (Å²) < 4.78 is 7.18. The number of aryl methyl sites for hydroxylation is 3. The van der Waals surface area contributed by atoms with Crippen molar-refractivity contribution >= 4 is 34.6 Å². The van der Waals surface area contributed by atoms with E-state index in [1.54, 1.807) is 0 Å². The number of methoxy groups -OCH3 is 1. The monoisotopic (exact) mass is 525 g/mol. The fraction of sp³-hybridized carbons (Fsp3) is 0.233. The molecule has 194 valence electrons. The Labute approximate surface area is 228 Å². The topological polar surface area (TPSA) is 71.4 Å². The molecule has 1 fully saturated rings. The third-order valence-electron chi connectivity index (χ3n) is 6.99. The smallest absolute Gasteiger partial charge is 0.250 e. The van der Waals surface area contributed by atoms with Crippen molar-refractivity contribution in [2.45, 2.75) is 32.9 Å². The number of hydrogen-bond acceptors (Lipinski definition) is 4. The van der Waals surface area contributed by atoms with Crippen molar-refractivity contribution in [2.24, 2.45) is 0 Å². The Morgan fingerprint density at radius 1 is 1.00 bits per heavy atom. The number of thiocarbonyl (C=S) groups is 1. The molecule has 0 radical (unpaired) electrons. The summed E-state index contributed by atoms with van der Waals surface area (Å²) in [4.78, 5) is 18.9. The lowest BCUT2D eigenvalue weighted by Gasteiger charge is -2.29. The second-order valence-corrected chi connectivity index (χ2v) is 9.94. The summed E-state index contributed by atoms with van der Waals surface area (Å²) in [5.41, 5.74) is 8.19. The van der Waals surface area contributed by atoms with Crippen LogP contribution in [0, 0.1) is 20.8 Å². The van der Waals surface area contributed by atoms with Crippen LogP contribution in [0.25, 0.3) is 5.69 Å². The first-order valence-electron chi connectivity index (χ1n) is 12.5. The fourth-order valence-electron chi connectivity index (χ4n) is 4.93. The van der Waals surface area contributed by atoms with Crippen LogP contribution in [0.5, 0.6) is 0 Å². The summed E-state index contributed by atoms with van der Waals surface area (Å²) in [6.45, 7) is 6.23. The van der Waals surface area contributed by atoms with E-state index in [1.807, 2.05) is 49.5 Å². The number of rotatable bonds is 7. The van der Waals surface area contributed by atoms with E-state index < -0.39 is 0 Å². The molecule has 0 unspecified atom stereocenters. The van der Waals surface area contributed by atoms with Crippen molar-refractivity contribution in [1.82, 2.24) is 14.9 Å². The molecule has 4 aromatic rings. The van der Waals surface area contributed by atoms with Crippen LogP contribution in [0.3, 0.4) is 0 Å². The van der Waals surface area contributed by atoms with Crippen LogP contribution in [0.15, 0.2) is 79.1 Å². The number of amides is 1. The van der Waals surface area contributed by atoms with E-state index in [0.29, 0.717) is 5.11 Å². The number of pyridine rings is 1. The van der Waals surface area contributed by atoms with Gasteiger partial charge < -0.3 is 24.8 Å². The van der Waals surface area contributed by atoms with E-state index in [9.17, 15) is 4.79 Å². The fourth-order valence-corrected chi connectivity index (χ4v) is 5.28. The molecule has 1 saturated heterocycles. The molecule has 0 aliphatic carbocycles. The van der Waals surface area contributed by atoms with Crippen molar-refractivity contribution in [3.63, 3.8) is 0 Å². The van der Waals surface area contributed by atoms with E-state index in [4.69, 9.17) is 17.0 Å². The van der Waals surface area contributed by atoms with Gasteiger partial charge in [0, 0.05) is 42.3 Å². The van der Waals surface area contributed by atoms with Crippen LogP contribution in [-0.2, 0) is 9.53 Å². The molecule has 0 saturated carbocycles. The van der Waals surface area contributed by atoms with Crippen LogP contribution in [0.1, 0.15) is 40.2 Å². The maximum atomic E-state index is 12.1. The predicted molar refractivity (Wildman–Crippen MR) is 155 cm³/mol. The first-order valence-corrected chi connectivity index (χ1v) is 12.9. The van der Waals surface area contributed by atoms with Crippen molar-refractivity contribution in [1.29, 1.82) is 0 Å². The first-order chi connectivity index (χ1) is 18.4. The SMILES string of the molecule is COCC(=O)Nc1ccc(N2C(=S)N[C@H](c3ccccn3)[C@H]2c2cccn2-c2ccc(C)c(C)c2)cc1C. The number of benzene rings is 2. The number of carbonyl (C=O) groups excluding carboxylic acids is 1. The van der Waals surface area contributed by atoms with Gasteiger partial charge in [0.15, 0.2) is 5.11 Å². The molecular weight excluding hydrogens is 494 g/mol. The zero-order chi connectivity index (χ0) is 26.8. The third-order valence-corrected chi connectivity index (χ3v) is 7.30. The minimum atomic E-state index is -0.193. The normalized spacial score (nSPS) is 16.9. The Morgan fingerprint density at radius 3 is 2.50 bits per heavy atom. The number of carbonyl (C=O) groups is 1. The number of hydrogen-bond donors (Lipinski definition) is 2. The van der Waals surface area contributed by atoms with E-state index in [-0.39, 0.29) is 24.6 Å². The highest BCUT2D eigenvalue weighted by molar-refractivity contribution is 7.80. The first kappa shape index (κ1) is 25.6. The average Bonchev–Trinajstić information content (AvgIpc) is 3.52. The molecule has 2 atom stereocenters. The molecule has 5 rings (SSSR count). The lowest BCUT2D eigenvalue weighted by molar-refractivity contribution is -0.119. The van der Waals surface area contributed by atoms with Gasteiger partial charge in [-0.15, -0.1) is 0 Å². The van der Waals surface area contributed by atoms with E-state index in [2.05, 4.69) is 75.5 Å². The number of nitrogens with zero attached hydrogens (tertiary/aromatic N) is 3. The molecule has 0 bridgehead atoms. The predicted octanol–water partition coefficient (Wildman–Crippen LogP) is 5.56. The van der Waals surface area contributed by atoms with Crippen LogP contribution < -0.4 is 15.5 Å². The minimum Gasteiger partial charge on any atom is -0.375 e. The van der Waals surface area contributed by atoms with Crippen molar-refractivity contribution in [2.75, 3.05) is 23.9 Å². The summed E-state index contributed by atoms with van der Waals surface area (Å²) >= 11 is 5.92. The summed E-state index contributed by atoms with van der Waals surface area (Å²) in [6, 6.07) is 22.3. The summed E-state index contributed by atoms with van der Waals surface area (Å²) in [7, 11) is 1.50. The number of ether oxygens (including phenoxy) is 1. The number of anilines is 2. The zero-order valence-corrected chi connectivity index (χ0v) is 22.8. The molecule has 38 heavy (non-hydrogen) atoms. The Hall–Kier alpha value is -4.01. The molecule has 8 heteroatoms. The van der Waals surface area contributed by atoms with Gasteiger partial charge in [0.2, 0.25) is 5.91 Å². The lowest BCUT2D eigenvalue weighted by atomic mass is 10.00. The molecule has 3 heterocycles. The second-order valence-electron chi connectivity index (χ2n) is 9.55. The Balaban J connectivity index is 1.59. The second kappa shape index (κ2) is 10.8. The van der Waals surface area contributed by atoms with Crippen LogP contribution in [0.4, 0.5) is 11.4 Å². The quantitative estimate of drug-likeness (QED) is 0.308. The minimum absolute atomic E-state index is 0.00459. The molecule has 1 amide bonds. The Morgan fingerprint density at radius 2 is 1.79 bits per heavy atom. The molecule has 2 aromatic heterocycles. The summed E-state index contributed by atoms with van der Waals surface area (Å²) in [5.74, 6) is -0.193. The third kappa shape index (κ3) is 4.92. The lowest BCUT2D eigenvalue weighted by Crippen LogP contribution is -2.30. The molecule has 2 aromatic carbocycles. The van der Waals surface area contributed by atoms with Crippen LogP contribution in [-0.4, -0.2) is 34.3 Å². The van der Waals surface area contributed by atoms with Crippen molar-refractivity contribution in [3.8, 4) is 5.69 Å². The average molecular weight is 526 g/mol. The Bertz CT molecular complexity index is 1480. The summed E-state index contributed by atoms with van der Waals surface area (Å²) in [5, 5.41) is 7.06. The van der Waals surface area contributed by atoms with Crippen molar-refractivity contribution in [3.05, 3.63) is 107 Å². The summed E-state index contributed by atoms with van der Waals surface area (Å²) in [6.07, 6.45) is 3.90. The van der Waals surface area contributed by atoms with Gasteiger partial charge in [-0.05, 0) is 104 Å². The highest BCUT2D eigenvalue weighted by Gasteiger charge is 2.42. The largest absolute Gasteiger partial charge is 0.375 e. The number of nitrogens with one attached hydrogen (secondary N) is 2. The van der Waals surface area contributed by atoms with Gasteiger partial charge in [-0.3, -0.25) is 9.78 Å². The van der Waals surface area contributed by atoms with E-state index >= 15 is 0 Å². The van der Waals surface area contributed by atoms with Gasteiger partial charge >= 0.3 is 0 Å². The van der Waals surface area contributed by atoms with Gasteiger partial charge in [-0.1, -0.05) is 12.1 Å². The highest BCUT2D eigenvalue weighted by Crippen LogP contribution is 2.43. The molecule has 1 aliphatic heterocycles. The van der Waals surface area contributed by atoms with Gasteiger partial charge in [-0.2, -0.15) is 0 Å². The number of aromatic nitrogens is 2. The van der Waals surface area contributed by atoms with Gasteiger partial charge in [-0.25, -0.2) is 0 Å². The molecule has 7 nitrogen and oxygen atoms in total. The molecular formula is C30H31N5O2S. The van der Waals surface area contributed by atoms with Gasteiger partial charge in [0.05, 0.1) is 11.7 Å². The van der Waals surface area contributed by atoms with E-state index in [0.717, 1.165) is 34.0 Å².